The highest BCUT2D eigenvalue weighted by molar-refractivity contribution is 6.31. The molecule has 1 N–H and O–H groups in total. The first-order valence-electron chi connectivity index (χ1n) is 8.97. The summed E-state index contributed by atoms with van der Waals surface area (Å²) in [4.78, 5) is 31.4. The van der Waals surface area contributed by atoms with E-state index in [1.165, 1.54) is 10.9 Å². The second kappa shape index (κ2) is 8.00. The summed E-state index contributed by atoms with van der Waals surface area (Å²) in [6.07, 6.45) is 1.37. The molecule has 144 valence electrons. The predicted molar refractivity (Wildman–Crippen MR) is 109 cm³/mol. The minimum Gasteiger partial charge on any atom is -0.378 e. The Morgan fingerprint density at radius 3 is 2.64 bits per heavy atom. The highest BCUT2D eigenvalue weighted by Crippen LogP contribution is 2.19. The van der Waals surface area contributed by atoms with Gasteiger partial charge in [0.25, 0.3) is 5.56 Å². The second-order valence-corrected chi connectivity index (χ2v) is 6.97. The van der Waals surface area contributed by atoms with E-state index in [1.807, 2.05) is 24.3 Å². The molecule has 0 aliphatic carbocycles. The van der Waals surface area contributed by atoms with E-state index in [0.717, 1.165) is 32.0 Å². The van der Waals surface area contributed by atoms with Crippen molar-refractivity contribution in [2.75, 3.05) is 36.5 Å². The molecule has 1 amide bonds. The van der Waals surface area contributed by atoms with Crippen LogP contribution in [0.3, 0.4) is 0 Å². The molecule has 0 radical (unpaired) electrons. The van der Waals surface area contributed by atoms with Crippen LogP contribution in [0.25, 0.3) is 10.9 Å². The van der Waals surface area contributed by atoms with Crippen LogP contribution in [0.1, 0.15) is 0 Å². The molecule has 0 saturated carbocycles. The number of anilines is 2. The molecule has 3 aromatic rings. The van der Waals surface area contributed by atoms with Gasteiger partial charge in [-0.25, -0.2) is 4.98 Å². The van der Waals surface area contributed by atoms with Gasteiger partial charge in [-0.15, -0.1) is 0 Å². The molecule has 0 unspecified atom stereocenters. The van der Waals surface area contributed by atoms with Crippen molar-refractivity contribution in [3.63, 3.8) is 0 Å². The van der Waals surface area contributed by atoms with Crippen molar-refractivity contribution in [1.29, 1.82) is 0 Å². The number of nitrogens with zero attached hydrogens (tertiary/aromatic N) is 3. The van der Waals surface area contributed by atoms with E-state index < -0.39 is 0 Å². The van der Waals surface area contributed by atoms with Gasteiger partial charge in [-0.2, -0.15) is 0 Å². The molecule has 0 bridgehead atoms. The fraction of sp³-hybridized carbons (Fsp3) is 0.250. The van der Waals surface area contributed by atoms with Gasteiger partial charge >= 0.3 is 0 Å². The van der Waals surface area contributed by atoms with Crippen LogP contribution in [0.2, 0.25) is 5.02 Å². The van der Waals surface area contributed by atoms with Gasteiger partial charge < -0.3 is 15.0 Å². The monoisotopic (exact) mass is 398 g/mol. The molecule has 2 aromatic carbocycles. The Bertz CT molecular complexity index is 1060. The van der Waals surface area contributed by atoms with Crippen LogP contribution in [-0.4, -0.2) is 41.8 Å². The van der Waals surface area contributed by atoms with E-state index in [4.69, 9.17) is 16.3 Å². The Balaban J connectivity index is 1.45. The number of nitrogens with one attached hydrogen (secondary N) is 1. The Morgan fingerprint density at radius 2 is 1.89 bits per heavy atom. The lowest BCUT2D eigenvalue weighted by atomic mass is 10.2. The SMILES string of the molecule is O=C(Cn1cnc2ccc(Cl)cc2c1=O)Nc1ccc(N2CCOCC2)cc1. The second-order valence-electron chi connectivity index (χ2n) is 6.53. The quantitative estimate of drug-likeness (QED) is 0.730. The van der Waals surface area contributed by atoms with Crippen LogP contribution in [-0.2, 0) is 16.1 Å². The number of ether oxygens (including phenoxy) is 1. The average molecular weight is 399 g/mol. The van der Waals surface area contributed by atoms with Gasteiger partial charge in [0.15, 0.2) is 0 Å². The van der Waals surface area contributed by atoms with Gasteiger partial charge in [-0.05, 0) is 42.5 Å². The molecule has 7 nitrogen and oxygen atoms in total. The lowest BCUT2D eigenvalue weighted by molar-refractivity contribution is -0.116. The zero-order valence-corrected chi connectivity index (χ0v) is 15.9. The van der Waals surface area contributed by atoms with Crippen molar-refractivity contribution in [1.82, 2.24) is 9.55 Å². The lowest BCUT2D eigenvalue weighted by Gasteiger charge is -2.28. The maximum Gasteiger partial charge on any atom is 0.261 e. The molecular formula is C20H19ClN4O3. The summed E-state index contributed by atoms with van der Waals surface area (Å²) in [5, 5.41) is 3.65. The first-order chi connectivity index (χ1) is 13.6. The number of carbonyl (C=O) groups excluding carboxylic acids is 1. The van der Waals surface area contributed by atoms with E-state index in [2.05, 4.69) is 15.2 Å². The van der Waals surface area contributed by atoms with Crippen LogP contribution in [0, 0.1) is 0 Å². The molecule has 1 aliphatic heterocycles. The number of benzene rings is 2. The number of halogens is 1. The molecule has 4 rings (SSSR count). The van der Waals surface area contributed by atoms with Crippen molar-refractivity contribution in [3.8, 4) is 0 Å². The average Bonchev–Trinajstić information content (AvgIpc) is 2.72. The summed E-state index contributed by atoms with van der Waals surface area (Å²) in [5.41, 5.74) is 2.01. The van der Waals surface area contributed by atoms with E-state index in [9.17, 15) is 9.59 Å². The highest BCUT2D eigenvalue weighted by Gasteiger charge is 2.12. The zero-order valence-electron chi connectivity index (χ0n) is 15.1. The topological polar surface area (TPSA) is 76.5 Å². The van der Waals surface area contributed by atoms with Crippen LogP contribution < -0.4 is 15.8 Å². The summed E-state index contributed by atoms with van der Waals surface area (Å²) in [6.45, 7) is 3.02. The van der Waals surface area contributed by atoms with Crippen molar-refractivity contribution < 1.29 is 9.53 Å². The number of hydrogen-bond donors (Lipinski definition) is 1. The van der Waals surface area contributed by atoms with Gasteiger partial charge in [0.1, 0.15) is 6.54 Å². The molecular weight excluding hydrogens is 380 g/mol. The van der Waals surface area contributed by atoms with Crippen molar-refractivity contribution in [2.45, 2.75) is 6.54 Å². The maximum absolute atomic E-state index is 12.6. The Morgan fingerprint density at radius 1 is 1.14 bits per heavy atom. The van der Waals surface area contributed by atoms with Gasteiger partial charge in [0.2, 0.25) is 5.91 Å². The molecule has 1 fully saturated rings. The number of hydrogen-bond acceptors (Lipinski definition) is 5. The van der Waals surface area contributed by atoms with Crippen LogP contribution in [0.5, 0.6) is 0 Å². The van der Waals surface area contributed by atoms with Crippen molar-refractivity contribution in [3.05, 3.63) is 64.2 Å². The Hall–Kier alpha value is -2.90. The van der Waals surface area contributed by atoms with Gasteiger partial charge in [-0.3, -0.25) is 14.2 Å². The van der Waals surface area contributed by atoms with Crippen molar-refractivity contribution >= 4 is 39.8 Å². The standard InChI is InChI=1S/C20H19ClN4O3/c21-14-1-6-18-17(11-14)20(27)25(13-22-18)12-19(26)23-15-2-4-16(5-3-15)24-7-9-28-10-8-24/h1-6,11,13H,7-10,12H2,(H,23,26). The number of morpholine rings is 1. The Labute approximate surface area is 166 Å². The van der Waals surface area contributed by atoms with Crippen LogP contribution >= 0.6 is 11.6 Å². The molecule has 28 heavy (non-hydrogen) atoms. The zero-order chi connectivity index (χ0) is 19.5. The third kappa shape index (κ3) is 4.00. The maximum atomic E-state index is 12.6. The van der Waals surface area contributed by atoms with Gasteiger partial charge in [0, 0.05) is 29.5 Å². The first kappa shape index (κ1) is 18.5. The summed E-state index contributed by atoms with van der Waals surface area (Å²) in [7, 11) is 0. The normalized spacial score (nSPS) is 14.2. The fourth-order valence-corrected chi connectivity index (χ4v) is 3.35. The summed E-state index contributed by atoms with van der Waals surface area (Å²) < 4.78 is 6.63. The third-order valence-electron chi connectivity index (χ3n) is 4.63. The van der Waals surface area contributed by atoms with Gasteiger partial charge in [0.05, 0.1) is 30.4 Å². The van der Waals surface area contributed by atoms with E-state index in [0.29, 0.717) is 21.6 Å². The minimum atomic E-state index is -0.301. The van der Waals surface area contributed by atoms with E-state index in [-0.39, 0.29) is 18.0 Å². The first-order valence-corrected chi connectivity index (χ1v) is 9.35. The highest BCUT2D eigenvalue weighted by atomic mass is 35.5. The minimum absolute atomic E-state index is 0.125. The molecule has 2 heterocycles. The third-order valence-corrected chi connectivity index (χ3v) is 4.86. The van der Waals surface area contributed by atoms with Crippen molar-refractivity contribution in [2.24, 2.45) is 0 Å². The molecule has 1 saturated heterocycles. The Kier molecular flexibility index (Phi) is 5.27. The van der Waals surface area contributed by atoms with Crippen LogP contribution in [0.4, 0.5) is 11.4 Å². The molecule has 8 heteroatoms. The number of rotatable bonds is 4. The number of aromatic nitrogens is 2. The summed E-state index contributed by atoms with van der Waals surface area (Å²) >= 11 is 5.96. The smallest absolute Gasteiger partial charge is 0.261 e. The number of carbonyl (C=O) groups is 1. The molecule has 0 spiro atoms. The van der Waals surface area contributed by atoms with E-state index >= 15 is 0 Å². The van der Waals surface area contributed by atoms with Crippen LogP contribution in [0.15, 0.2) is 53.6 Å². The molecule has 0 atom stereocenters. The lowest BCUT2D eigenvalue weighted by Crippen LogP contribution is -2.36. The molecule has 1 aromatic heterocycles. The largest absolute Gasteiger partial charge is 0.378 e. The van der Waals surface area contributed by atoms with E-state index in [1.54, 1.807) is 18.2 Å². The summed E-state index contributed by atoms with van der Waals surface area (Å²) in [5.74, 6) is -0.301. The predicted octanol–water partition coefficient (Wildman–Crippen LogP) is 2.53. The van der Waals surface area contributed by atoms with Gasteiger partial charge in [-0.1, -0.05) is 11.6 Å². The summed E-state index contributed by atoms with van der Waals surface area (Å²) in [6, 6.07) is 12.5. The molecule has 1 aliphatic rings. The fourth-order valence-electron chi connectivity index (χ4n) is 3.18. The number of amides is 1. The number of fused-ring (bicyclic) bond motifs is 1.